The fourth-order valence-corrected chi connectivity index (χ4v) is 2.29. The van der Waals surface area contributed by atoms with E-state index in [0.717, 1.165) is 13.1 Å². The molecule has 0 aliphatic carbocycles. The van der Waals surface area contributed by atoms with Gasteiger partial charge < -0.3 is 9.84 Å². The van der Waals surface area contributed by atoms with Crippen molar-refractivity contribution in [1.29, 1.82) is 0 Å². The van der Waals surface area contributed by atoms with E-state index in [1.807, 2.05) is 0 Å². The average Bonchev–Trinajstić information content (AvgIpc) is 2.46. The maximum atomic E-state index is 9.39. The minimum Gasteiger partial charge on any atom is -0.391 e. The molecule has 0 aromatic carbocycles. The van der Waals surface area contributed by atoms with Crippen LogP contribution in [0.5, 0.6) is 0 Å². The molecule has 0 spiro atoms. The van der Waals surface area contributed by atoms with Gasteiger partial charge in [-0.05, 0) is 12.8 Å². The number of aliphatic hydroxyl groups excluding tert-OH is 1. The molecule has 2 aliphatic heterocycles. The summed E-state index contributed by atoms with van der Waals surface area (Å²) in [6.45, 7) is 2.62. The average molecular weight is 206 g/mol. The molecular formula is C9H16ClNO2. The number of halogens is 1. The monoisotopic (exact) mass is 205 g/mol. The Labute approximate surface area is 83.6 Å². The van der Waals surface area contributed by atoms with Crippen molar-refractivity contribution >= 4 is 11.6 Å². The summed E-state index contributed by atoms with van der Waals surface area (Å²) in [5, 5.41) is 9.39. The molecule has 2 fully saturated rings. The van der Waals surface area contributed by atoms with Crippen LogP contribution in [0, 0.1) is 0 Å². The number of nitrogens with zero attached hydrogens (tertiary/aromatic N) is 1. The Bertz CT molecular complexity index is 167. The van der Waals surface area contributed by atoms with E-state index in [1.54, 1.807) is 0 Å². The van der Waals surface area contributed by atoms with Crippen LogP contribution >= 0.6 is 11.6 Å². The highest BCUT2D eigenvalue weighted by Crippen LogP contribution is 2.26. The number of morpholine rings is 1. The van der Waals surface area contributed by atoms with E-state index in [1.165, 1.54) is 12.8 Å². The number of β-amino-alcohol motifs (C(OH)–C–C–N with tert-alkyl or cyclic N) is 1. The Balaban J connectivity index is 1.81. The van der Waals surface area contributed by atoms with Gasteiger partial charge in [0.1, 0.15) is 0 Å². The van der Waals surface area contributed by atoms with E-state index >= 15 is 0 Å². The van der Waals surface area contributed by atoms with E-state index in [9.17, 15) is 5.11 Å². The highest BCUT2D eigenvalue weighted by Gasteiger charge is 2.33. The van der Waals surface area contributed by atoms with E-state index in [0.29, 0.717) is 24.6 Å². The third kappa shape index (κ3) is 2.34. The lowest BCUT2D eigenvalue weighted by molar-refractivity contribution is -0.0476. The molecule has 76 valence electrons. The zero-order valence-corrected chi connectivity index (χ0v) is 8.41. The first-order valence-corrected chi connectivity index (χ1v) is 5.43. The molecule has 3 atom stereocenters. The van der Waals surface area contributed by atoms with Gasteiger partial charge in [-0.1, -0.05) is 0 Å². The smallest absolute Gasteiger partial charge is 0.0802 e. The minimum absolute atomic E-state index is 0.326. The first kappa shape index (κ1) is 9.71. The maximum absolute atomic E-state index is 9.39. The number of hydrogen-bond donors (Lipinski definition) is 1. The fourth-order valence-electron chi connectivity index (χ4n) is 2.20. The largest absolute Gasteiger partial charge is 0.391 e. The van der Waals surface area contributed by atoms with Crippen molar-refractivity contribution in [2.45, 2.75) is 31.2 Å². The summed E-state index contributed by atoms with van der Waals surface area (Å²) >= 11 is 5.55. The molecule has 2 saturated heterocycles. The second-order valence-electron chi connectivity index (χ2n) is 3.98. The van der Waals surface area contributed by atoms with Crippen molar-refractivity contribution in [3.8, 4) is 0 Å². The number of hydrogen-bond acceptors (Lipinski definition) is 3. The fraction of sp³-hybridized carbons (Fsp3) is 1.00. The molecular weight excluding hydrogens is 190 g/mol. The van der Waals surface area contributed by atoms with Crippen LogP contribution in [0.3, 0.4) is 0 Å². The lowest BCUT2D eigenvalue weighted by atomic mass is 10.2. The number of fused-ring (bicyclic) bond motifs is 2. The van der Waals surface area contributed by atoms with Gasteiger partial charge in [-0.3, -0.25) is 4.90 Å². The minimum atomic E-state index is -0.390. The van der Waals surface area contributed by atoms with Gasteiger partial charge in [0, 0.05) is 25.5 Å². The van der Waals surface area contributed by atoms with Gasteiger partial charge in [0.15, 0.2) is 0 Å². The summed E-state index contributed by atoms with van der Waals surface area (Å²) < 4.78 is 5.69. The number of rotatable bonds is 3. The van der Waals surface area contributed by atoms with Crippen molar-refractivity contribution in [3.63, 3.8) is 0 Å². The summed E-state index contributed by atoms with van der Waals surface area (Å²) in [7, 11) is 0. The molecule has 0 saturated carbocycles. The SMILES string of the molecule is OC(CCl)CN1CC2CCC(C1)O2. The van der Waals surface area contributed by atoms with E-state index < -0.39 is 0 Å². The predicted octanol–water partition coefficient (Wildman–Crippen LogP) is 0.449. The standard InChI is InChI=1S/C9H16ClNO2/c10-3-7(12)4-11-5-8-1-2-9(6-11)13-8/h7-9,12H,1-6H2. The highest BCUT2D eigenvalue weighted by atomic mass is 35.5. The van der Waals surface area contributed by atoms with Crippen LogP contribution in [0.15, 0.2) is 0 Å². The molecule has 3 nitrogen and oxygen atoms in total. The van der Waals surface area contributed by atoms with Gasteiger partial charge >= 0.3 is 0 Å². The normalized spacial score (nSPS) is 36.5. The predicted molar refractivity (Wildman–Crippen MR) is 51.1 cm³/mol. The van der Waals surface area contributed by atoms with Gasteiger partial charge in [-0.25, -0.2) is 0 Å². The Morgan fingerprint density at radius 1 is 1.38 bits per heavy atom. The highest BCUT2D eigenvalue weighted by molar-refractivity contribution is 6.18. The number of likely N-dealkylation sites (tertiary alicyclic amines) is 1. The lowest BCUT2D eigenvalue weighted by Gasteiger charge is -2.32. The molecule has 4 heteroatoms. The van der Waals surface area contributed by atoms with Crippen LogP contribution < -0.4 is 0 Å². The third-order valence-electron chi connectivity index (χ3n) is 2.77. The van der Waals surface area contributed by atoms with Crippen molar-refractivity contribution < 1.29 is 9.84 Å². The Morgan fingerprint density at radius 2 is 2.00 bits per heavy atom. The van der Waals surface area contributed by atoms with Gasteiger partial charge in [0.25, 0.3) is 0 Å². The first-order chi connectivity index (χ1) is 6.28. The van der Waals surface area contributed by atoms with Gasteiger partial charge in [0.2, 0.25) is 0 Å². The molecule has 2 rings (SSSR count). The summed E-state index contributed by atoms with van der Waals surface area (Å²) in [4.78, 5) is 2.26. The Hall–Kier alpha value is 0.170. The van der Waals surface area contributed by atoms with E-state index in [-0.39, 0.29) is 6.10 Å². The zero-order valence-electron chi connectivity index (χ0n) is 7.66. The third-order valence-corrected chi connectivity index (χ3v) is 3.12. The van der Waals surface area contributed by atoms with Crippen LogP contribution in [-0.2, 0) is 4.74 Å². The molecule has 3 unspecified atom stereocenters. The summed E-state index contributed by atoms with van der Waals surface area (Å²) in [6.07, 6.45) is 2.78. The topological polar surface area (TPSA) is 32.7 Å². The van der Waals surface area contributed by atoms with Crippen LogP contribution in [-0.4, -0.2) is 53.8 Å². The van der Waals surface area contributed by atoms with Crippen molar-refractivity contribution in [3.05, 3.63) is 0 Å². The van der Waals surface area contributed by atoms with Gasteiger partial charge in [-0.2, -0.15) is 0 Å². The molecule has 1 N–H and O–H groups in total. The number of alkyl halides is 1. The molecule has 0 aromatic heterocycles. The summed E-state index contributed by atoms with van der Waals surface area (Å²) in [6, 6.07) is 0. The molecule has 2 heterocycles. The van der Waals surface area contributed by atoms with Gasteiger partial charge in [-0.15, -0.1) is 11.6 Å². The van der Waals surface area contributed by atoms with Crippen LogP contribution in [0.2, 0.25) is 0 Å². The van der Waals surface area contributed by atoms with E-state index in [4.69, 9.17) is 16.3 Å². The summed E-state index contributed by atoms with van der Waals surface area (Å²) in [5.74, 6) is 0.326. The van der Waals surface area contributed by atoms with Crippen LogP contribution in [0.25, 0.3) is 0 Å². The molecule has 13 heavy (non-hydrogen) atoms. The zero-order chi connectivity index (χ0) is 9.26. The number of ether oxygens (including phenoxy) is 1. The molecule has 0 amide bonds. The number of aliphatic hydroxyl groups is 1. The van der Waals surface area contributed by atoms with Crippen LogP contribution in [0.4, 0.5) is 0 Å². The molecule has 2 bridgehead atoms. The van der Waals surface area contributed by atoms with Crippen molar-refractivity contribution in [2.75, 3.05) is 25.5 Å². The van der Waals surface area contributed by atoms with Crippen molar-refractivity contribution in [2.24, 2.45) is 0 Å². The van der Waals surface area contributed by atoms with Crippen LogP contribution in [0.1, 0.15) is 12.8 Å². The quantitative estimate of drug-likeness (QED) is 0.680. The van der Waals surface area contributed by atoms with E-state index in [2.05, 4.69) is 4.90 Å². The maximum Gasteiger partial charge on any atom is 0.0802 e. The molecule has 2 aliphatic rings. The molecule has 0 radical (unpaired) electrons. The summed E-state index contributed by atoms with van der Waals surface area (Å²) in [5.41, 5.74) is 0. The van der Waals surface area contributed by atoms with Gasteiger partial charge in [0.05, 0.1) is 18.3 Å². The Kier molecular flexibility index (Phi) is 3.09. The van der Waals surface area contributed by atoms with Crippen molar-refractivity contribution in [1.82, 2.24) is 4.90 Å². The lowest BCUT2D eigenvalue weighted by Crippen LogP contribution is -2.46. The Morgan fingerprint density at radius 3 is 2.54 bits per heavy atom. The second kappa shape index (κ2) is 4.13. The second-order valence-corrected chi connectivity index (χ2v) is 4.29. The molecule has 0 aromatic rings. The first-order valence-electron chi connectivity index (χ1n) is 4.90.